The minimum absolute atomic E-state index is 0.0107. The Balaban J connectivity index is 3.73. The van der Waals surface area contributed by atoms with Crippen molar-refractivity contribution < 1.29 is 24.6 Å². The summed E-state index contributed by atoms with van der Waals surface area (Å²) in [5, 5.41) is 17.1. The monoisotopic (exact) mass is 219 g/mol. The molecule has 0 fully saturated rings. The lowest BCUT2D eigenvalue weighted by molar-refractivity contribution is -0.145. The maximum Gasteiger partial charge on any atom is 0.323 e. The van der Waals surface area contributed by atoms with E-state index < -0.39 is 18.0 Å². The highest BCUT2D eigenvalue weighted by Gasteiger charge is 2.18. The van der Waals surface area contributed by atoms with Gasteiger partial charge in [0.2, 0.25) is 0 Å². The van der Waals surface area contributed by atoms with Gasteiger partial charge in [0, 0.05) is 6.42 Å². The molecule has 0 saturated carbocycles. The van der Waals surface area contributed by atoms with Crippen molar-refractivity contribution >= 4 is 11.9 Å². The SMILES string of the molecule is CCCCON[C@@H](CCC(=O)O)C(=O)O. The van der Waals surface area contributed by atoms with E-state index in [0.29, 0.717) is 6.61 Å². The molecule has 0 aromatic carbocycles. The molecular weight excluding hydrogens is 202 g/mol. The highest BCUT2D eigenvalue weighted by Crippen LogP contribution is 1.98. The van der Waals surface area contributed by atoms with Crippen molar-refractivity contribution in [2.45, 2.75) is 38.6 Å². The molecular formula is C9H17NO5. The number of hydrogen-bond acceptors (Lipinski definition) is 4. The second-order valence-corrected chi connectivity index (χ2v) is 3.14. The molecule has 0 radical (unpaired) electrons. The molecule has 0 bridgehead atoms. The van der Waals surface area contributed by atoms with Gasteiger partial charge >= 0.3 is 11.9 Å². The first-order valence-electron chi connectivity index (χ1n) is 4.89. The largest absolute Gasteiger partial charge is 0.481 e. The van der Waals surface area contributed by atoms with Crippen LogP contribution < -0.4 is 5.48 Å². The highest BCUT2D eigenvalue weighted by molar-refractivity contribution is 5.74. The van der Waals surface area contributed by atoms with E-state index in [0.717, 1.165) is 12.8 Å². The summed E-state index contributed by atoms with van der Waals surface area (Å²) in [4.78, 5) is 25.8. The molecule has 0 unspecified atom stereocenters. The van der Waals surface area contributed by atoms with E-state index in [9.17, 15) is 9.59 Å². The number of unbranched alkanes of at least 4 members (excludes halogenated alkanes) is 1. The van der Waals surface area contributed by atoms with Crippen molar-refractivity contribution in [2.24, 2.45) is 0 Å². The van der Waals surface area contributed by atoms with Gasteiger partial charge in [-0.25, -0.2) is 0 Å². The molecule has 0 aromatic heterocycles. The van der Waals surface area contributed by atoms with Crippen molar-refractivity contribution in [3.8, 4) is 0 Å². The van der Waals surface area contributed by atoms with Gasteiger partial charge in [0.1, 0.15) is 6.04 Å². The van der Waals surface area contributed by atoms with E-state index in [-0.39, 0.29) is 12.8 Å². The van der Waals surface area contributed by atoms with Crippen LogP contribution in [-0.4, -0.2) is 34.8 Å². The Morgan fingerprint density at radius 3 is 2.53 bits per heavy atom. The average molecular weight is 219 g/mol. The zero-order valence-electron chi connectivity index (χ0n) is 8.73. The fourth-order valence-corrected chi connectivity index (χ4v) is 0.877. The molecule has 88 valence electrons. The molecule has 0 aliphatic heterocycles. The van der Waals surface area contributed by atoms with Gasteiger partial charge in [-0.2, -0.15) is 5.48 Å². The quantitative estimate of drug-likeness (QED) is 0.388. The summed E-state index contributed by atoms with van der Waals surface area (Å²) in [6.45, 7) is 2.41. The van der Waals surface area contributed by atoms with Gasteiger partial charge < -0.3 is 15.1 Å². The van der Waals surface area contributed by atoms with Crippen molar-refractivity contribution in [3.63, 3.8) is 0 Å². The molecule has 0 aromatic rings. The Labute approximate surface area is 88.2 Å². The molecule has 0 amide bonds. The third-order valence-electron chi connectivity index (χ3n) is 1.77. The predicted molar refractivity (Wildman–Crippen MR) is 52.3 cm³/mol. The van der Waals surface area contributed by atoms with E-state index in [1.165, 1.54) is 0 Å². The van der Waals surface area contributed by atoms with Crippen LogP contribution in [0.1, 0.15) is 32.6 Å². The van der Waals surface area contributed by atoms with Crippen LogP contribution in [-0.2, 0) is 14.4 Å². The molecule has 0 saturated heterocycles. The maximum atomic E-state index is 10.6. The molecule has 1 atom stereocenters. The molecule has 0 aliphatic carbocycles. The molecule has 3 N–H and O–H groups in total. The minimum atomic E-state index is -1.10. The average Bonchev–Trinajstić information content (AvgIpc) is 2.15. The summed E-state index contributed by atoms with van der Waals surface area (Å²) in [6.07, 6.45) is 1.60. The number of nitrogens with one attached hydrogen (secondary N) is 1. The van der Waals surface area contributed by atoms with E-state index >= 15 is 0 Å². The molecule has 6 nitrogen and oxygen atoms in total. The van der Waals surface area contributed by atoms with E-state index in [4.69, 9.17) is 15.1 Å². The second kappa shape index (κ2) is 8.19. The molecule has 0 spiro atoms. The summed E-state index contributed by atoms with van der Waals surface area (Å²) in [5.74, 6) is -2.12. The van der Waals surface area contributed by atoms with Crippen LogP contribution in [0.2, 0.25) is 0 Å². The van der Waals surface area contributed by atoms with Crippen LogP contribution in [0.3, 0.4) is 0 Å². The Morgan fingerprint density at radius 1 is 1.40 bits per heavy atom. The van der Waals surface area contributed by atoms with Crippen LogP contribution >= 0.6 is 0 Å². The van der Waals surface area contributed by atoms with Crippen molar-refractivity contribution in [1.29, 1.82) is 0 Å². The molecule has 0 rings (SSSR count). The van der Waals surface area contributed by atoms with Gasteiger partial charge in [0.25, 0.3) is 0 Å². The van der Waals surface area contributed by atoms with Crippen LogP contribution in [0.15, 0.2) is 0 Å². The summed E-state index contributed by atoms with van der Waals surface area (Å²) in [5.41, 5.74) is 2.35. The lowest BCUT2D eigenvalue weighted by Gasteiger charge is -2.12. The van der Waals surface area contributed by atoms with Crippen LogP contribution in [0.5, 0.6) is 0 Å². The van der Waals surface area contributed by atoms with Crippen molar-refractivity contribution in [3.05, 3.63) is 0 Å². The summed E-state index contributed by atoms with van der Waals surface area (Å²) in [6, 6.07) is -0.960. The molecule has 0 aliphatic rings. The number of aliphatic carboxylic acids is 2. The highest BCUT2D eigenvalue weighted by atomic mass is 16.6. The fourth-order valence-electron chi connectivity index (χ4n) is 0.877. The zero-order chi connectivity index (χ0) is 11.7. The number of carboxylic acids is 2. The number of hydroxylamine groups is 1. The fraction of sp³-hybridized carbons (Fsp3) is 0.778. The zero-order valence-corrected chi connectivity index (χ0v) is 8.73. The lowest BCUT2D eigenvalue weighted by Crippen LogP contribution is -2.37. The topological polar surface area (TPSA) is 95.9 Å². The third kappa shape index (κ3) is 7.90. The maximum absolute atomic E-state index is 10.6. The summed E-state index contributed by atoms with van der Waals surface area (Å²) < 4.78 is 0. The van der Waals surface area contributed by atoms with Gasteiger partial charge in [-0.3, -0.25) is 9.59 Å². The van der Waals surface area contributed by atoms with E-state index in [1.54, 1.807) is 0 Å². The van der Waals surface area contributed by atoms with Crippen molar-refractivity contribution in [1.82, 2.24) is 5.48 Å². The van der Waals surface area contributed by atoms with Crippen LogP contribution in [0, 0.1) is 0 Å². The Bertz CT molecular complexity index is 207. The number of carboxylic acid groups (broad SMARTS) is 2. The Kier molecular flexibility index (Phi) is 7.57. The van der Waals surface area contributed by atoms with Crippen LogP contribution in [0.4, 0.5) is 0 Å². The van der Waals surface area contributed by atoms with E-state index in [2.05, 4.69) is 5.48 Å². The first kappa shape index (κ1) is 13.9. The smallest absolute Gasteiger partial charge is 0.323 e. The second-order valence-electron chi connectivity index (χ2n) is 3.14. The van der Waals surface area contributed by atoms with Crippen molar-refractivity contribution in [2.75, 3.05) is 6.61 Å². The van der Waals surface area contributed by atoms with Gasteiger partial charge in [-0.1, -0.05) is 13.3 Å². The number of rotatable bonds is 9. The number of hydrogen-bond donors (Lipinski definition) is 3. The van der Waals surface area contributed by atoms with Gasteiger partial charge in [-0.05, 0) is 12.8 Å². The minimum Gasteiger partial charge on any atom is -0.481 e. The first-order chi connectivity index (χ1) is 7.07. The van der Waals surface area contributed by atoms with Gasteiger partial charge in [0.05, 0.1) is 6.61 Å². The standard InChI is InChI=1S/C9H17NO5/c1-2-3-6-15-10-7(9(13)14)4-5-8(11)12/h7,10H,2-6H2,1H3,(H,11,12)(H,13,14)/t7-/m0/s1. The Hall–Kier alpha value is -1.14. The third-order valence-corrected chi connectivity index (χ3v) is 1.77. The van der Waals surface area contributed by atoms with Gasteiger partial charge in [-0.15, -0.1) is 0 Å². The lowest BCUT2D eigenvalue weighted by atomic mass is 10.2. The first-order valence-corrected chi connectivity index (χ1v) is 4.89. The molecule has 15 heavy (non-hydrogen) atoms. The molecule has 0 heterocycles. The van der Waals surface area contributed by atoms with E-state index in [1.807, 2.05) is 6.92 Å². The normalized spacial score (nSPS) is 12.3. The summed E-state index contributed by atoms with van der Waals surface area (Å²) >= 11 is 0. The predicted octanol–water partition coefficient (Wildman–Crippen LogP) is 0.626. The van der Waals surface area contributed by atoms with Crippen LogP contribution in [0.25, 0.3) is 0 Å². The molecule has 6 heteroatoms. The van der Waals surface area contributed by atoms with Gasteiger partial charge in [0.15, 0.2) is 0 Å². The summed E-state index contributed by atoms with van der Waals surface area (Å²) in [7, 11) is 0. The number of carbonyl (C=O) groups is 2. The Morgan fingerprint density at radius 2 is 2.07 bits per heavy atom.